The van der Waals surface area contributed by atoms with Gasteiger partial charge in [-0.15, -0.1) is 0 Å². The summed E-state index contributed by atoms with van der Waals surface area (Å²) in [4.78, 5) is 4.52. The standard InChI is InChI=1S/C14H19ClN2OS/c1-3-5-10-8-16-14(19-10)17-9-11-12(15)6-4-7-13(11)18-2/h4,6-7,10H,3,5,8-9H2,1-2H3,(H,16,17). The minimum atomic E-state index is 0.626. The molecule has 0 fully saturated rings. The summed E-state index contributed by atoms with van der Waals surface area (Å²) in [5.74, 6) is 0.814. The zero-order valence-corrected chi connectivity index (χ0v) is 12.9. The van der Waals surface area contributed by atoms with Crippen LogP contribution >= 0.6 is 23.4 Å². The van der Waals surface area contributed by atoms with Gasteiger partial charge in [-0.3, -0.25) is 4.99 Å². The monoisotopic (exact) mass is 298 g/mol. The van der Waals surface area contributed by atoms with Gasteiger partial charge in [0.25, 0.3) is 0 Å². The van der Waals surface area contributed by atoms with E-state index in [0.29, 0.717) is 11.8 Å². The Kier molecular flexibility index (Phi) is 5.40. The Morgan fingerprint density at radius 1 is 1.53 bits per heavy atom. The summed E-state index contributed by atoms with van der Waals surface area (Å²) in [7, 11) is 1.66. The molecule has 0 bridgehead atoms. The summed E-state index contributed by atoms with van der Waals surface area (Å²) in [6.07, 6.45) is 2.42. The first-order valence-corrected chi connectivity index (χ1v) is 7.76. The molecular weight excluding hydrogens is 280 g/mol. The maximum Gasteiger partial charge on any atom is 0.157 e. The molecule has 19 heavy (non-hydrogen) atoms. The van der Waals surface area contributed by atoms with Crippen LogP contribution in [-0.2, 0) is 6.54 Å². The van der Waals surface area contributed by atoms with E-state index in [-0.39, 0.29) is 0 Å². The van der Waals surface area contributed by atoms with E-state index in [9.17, 15) is 0 Å². The minimum Gasteiger partial charge on any atom is -0.496 e. The van der Waals surface area contributed by atoms with Crippen molar-refractivity contribution in [2.45, 2.75) is 31.6 Å². The molecule has 1 atom stereocenters. The van der Waals surface area contributed by atoms with Crippen LogP contribution < -0.4 is 10.1 Å². The van der Waals surface area contributed by atoms with Gasteiger partial charge in [0, 0.05) is 22.4 Å². The van der Waals surface area contributed by atoms with Crippen LogP contribution in [0.1, 0.15) is 25.3 Å². The summed E-state index contributed by atoms with van der Waals surface area (Å²) in [6.45, 7) is 3.77. The van der Waals surface area contributed by atoms with Crippen molar-refractivity contribution in [2.75, 3.05) is 13.7 Å². The van der Waals surface area contributed by atoms with E-state index in [1.54, 1.807) is 7.11 Å². The number of nitrogens with zero attached hydrogens (tertiary/aromatic N) is 1. The lowest BCUT2D eigenvalue weighted by Gasteiger charge is -2.12. The van der Waals surface area contributed by atoms with Crippen LogP contribution in [0.25, 0.3) is 0 Å². The van der Waals surface area contributed by atoms with Crippen molar-refractivity contribution in [1.82, 2.24) is 5.32 Å². The Morgan fingerprint density at radius 3 is 3.11 bits per heavy atom. The molecule has 1 aliphatic heterocycles. The molecule has 1 aromatic rings. The first-order chi connectivity index (χ1) is 9.24. The molecule has 5 heteroatoms. The minimum absolute atomic E-state index is 0.626. The highest BCUT2D eigenvalue weighted by atomic mass is 35.5. The highest BCUT2D eigenvalue weighted by molar-refractivity contribution is 8.14. The summed E-state index contributed by atoms with van der Waals surface area (Å²) in [5, 5.41) is 5.71. The van der Waals surface area contributed by atoms with Crippen molar-refractivity contribution in [3.05, 3.63) is 28.8 Å². The van der Waals surface area contributed by atoms with Gasteiger partial charge in [-0.25, -0.2) is 0 Å². The largest absolute Gasteiger partial charge is 0.496 e. The summed E-state index contributed by atoms with van der Waals surface area (Å²) in [5.41, 5.74) is 0.980. The second-order valence-corrected chi connectivity index (χ2v) is 6.14. The second kappa shape index (κ2) is 7.06. The van der Waals surface area contributed by atoms with Gasteiger partial charge >= 0.3 is 0 Å². The summed E-state index contributed by atoms with van der Waals surface area (Å²) >= 11 is 8.03. The van der Waals surface area contributed by atoms with E-state index in [4.69, 9.17) is 16.3 Å². The molecular formula is C14H19ClN2OS. The van der Waals surface area contributed by atoms with Gasteiger partial charge in [0.1, 0.15) is 5.75 Å². The third-order valence-electron chi connectivity index (χ3n) is 3.04. The Bertz CT molecular complexity index is 465. The molecule has 1 aromatic carbocycles. The average molecular weight is 299 g/mol. The van der Waals surface area contributed by atoms with Gasteiger partial charge in [-0.2, -0.15) is 0 Å². The Morgan fingerprint density at radius 2 is 2.37 bits per heavy atom. The Hall–Kier alpha value is -0.870. The third-order valence-corrected chi connectivity index (χ3v) is 4.61. The zero-order chi connectivity index (χ0) is 13.7. The number of amidine groups is 1. The number of nitrogens with one attached hydrogen (secondary N) is 1. The van der Waals surface area contributed by atoms with Crippen LogP contribution in [0.15, 0.2) is 23.2 Å². The van der Waals surface area contributed by atoms with Crippen LogP contribution in [0.2, 0.25) is 5.02 Å². The number of benzene rings is 1. The third kappa shape index (κ3) is 3.80. The molecule has 0 saturated heterocycles. The van der Waals surface area contributed by atoms with Gasteiger partial charge in [0.05, 0.1) is 13.7 Å². The highest BCUT2D eigenvalue weighted by Crippen LogP contribution is 2.27. The molecule has 0 spiro atoms. The zero-order valence-electron chi connectivity index (χ0n) is 11.3. The van der Waals surface area contributed by atoms with Crippen LogP contribution in [0.3, 0.4) is 0 Å². The topological polar surface area (TPSA) is 33.6 Å². The van der Waals surface area contributed by atoms with Crippen molar-refractivity contribution < 1.29 is 4.74 Å². The van der Waals surface area contributed by atoms with E-state index >= 15 is 0 Å². The molecule has 0 radical (unpaired) electrons. The summed E-state index contributed by atoms with van der Waals surface area (Å²) in [6, 6.07) is 5.70. The maximum absolute atomic E-state index is 6.21. The molecule has 0 aromatic heterocycles. The van der Waals surface area contributed by atoms with Gasteiger partial charge < -0.3 is 10.1 Å². The lowest BCUT2D eigenvalue weighted by atomic mass is 10.2. The van der Waals surface area contributed by atoms with Gasteiger partial charge in [-0.05, 0) is 18.6 Å². The first-order valence-electron chi connectivity index (χ1n) is 6.51. The van der Waals surface area contributed by atoms with Crippen molar-refractivity contribution in [3.8, 4) is 5.75 Å². The second-order valence-electron chi connectivity index (χ2n) is 4.45. The molecule has 2 rings (SSSR count). The maximum atomic E-state index is 6.21. The number of hydrogen-bond donors (Lipinski definition) is 1. The average Bonchev–Trinajstić information content (AvgIpc) is 2.85. The molecule has 0 amide bonds. The van der Waals surface area contributed by atoms with E-state index < -0.39 is 0 Å². The predicted molar refractivity (Wildman–Crippen MR) is 83.4 cm³/mol. The fourth-order valence-corrected chi connectivity index (χ4v) is 3.41. The lowest BCUT2D eigenvalue weighted by Crippen LogP contribution is -2.19. The fraction of sp³-hybridized carbons (Fsp3) is 0.500. The molecule has 0 saturated carbocycles. The van der Waals surface area contributed by atoms with Gasteiger partial charge in [-0.1, -0.05) is 42.8 Å². The molecule has 1 heterocycles. The summed E-state index contributed by atoms with van der Waals surface area (Å²) < 4.78 is 5.33. The number of thioether (sulfide) groups is 1. The predicted octanol–water partition coefficient (Wildman–Crippen LogP) is 3.71. The smallest absolute Gasteiger partial charge is 0.157 e. The van der Waals surface area contributed by atoms with E-state index in [1.165, 1.54) is 12.8 Å². The first kappa shape index (κ1) is 14.5. The molecule has 104 valence electrons. The number of hydrogen-bond acceptors (Lipinski definition) is 4. The van der Waals surface area contributed by atoms with E-state index in [2.05, 4.69) is 17.2 Å². The van der Waals surface area contributed by atoms with E-state index in [0.717, 1.165) is 28.0 Å². The molecule has 3 nitrogen and oxygen atoms in total. The molecule has 0 aliphatic carbocycles. The quantitative estimate of drug-likeness (QED) is 0.900. The number of aliphatic imine (C=N–C) groups is 1. The lowest BCUT2D eigenvalue weighted by molar-refractivity contribution is 0.409. The number of methoxy groups -OCH3 is 1. The van der Waals surface area contributed by atoms with Crippen molar-refractivity contribution in [1.29, 1.82) is 0 Å². The van der Waals surface area contributed by atoms with Crippen molar-refractivity contribution in [3.63, 3.8) is 0 Å². The fourth-order valence-electron chi connectivity index (χ4n) is 2.05. The van der Waals surface area contributed by atoms with Crippen LogP contribution in [-0.4, -0.2) is 24.1 Å². The van der Waals surface area contributed by atoms with Gasteiger partial charge in [0.2, 0.25) is 0 Å². The van der Waals surface area contributed by atoms with Crippen LogP contribution in [0.5, 0.6) is 5.75 Å². The molecule has 1 N–H and O–H groups in total. The highest BCUT2D eigenvalue weighted by Gasteiger charge is 2.19. The van der Waals surface area contributed by atoms with E-state index in [1.807, 2.05) is 30.0 Å². The Labute approximate surface area is 123 Å². The molecule has 1 unspecified atom stereocenters. The van der Waals surface area contributed by atoms with Crippen LogP contribution in [0, 0.1) is 0 Å². The van der Waals surface area contributed by atoms with Crippen molar-refractivity contribution in [2.24, 2.45) is 4.99 Å². The normalized spacial score (nSPS) is 18.3. The van der Waals surface area contributed by atoms with Crippen molar-refractivity contribution >= 4 is 28.5 Å². The number of rotatable bonds is 5. The SMILES string of the molecule is CCCC1CN=C(NCc2c(Cl)cccc2OC)S1. The Balaban J connectivity index is 1.93. The van der Waals surface area contributed by atoms with Gasteiger partial charge in [0.15, 0.2) is 5.17 Å². The number of halogens is 1. The van der Waals surface area contributed by atoms with Crippen LogP contribution in [0.4, 0.5) is 0 Å². The number of ether oxygens (including phenoxy) is 1. The molecule has 1 aliphatic rings.